The van der Waals surface area contributed by atoms with Crippen LogP contribution in [0.1, 0.15) is 33.4 Å². The lowest BCUT2D eigenvalue weighted by Crippen LogP contribution is -2.20. The van der Waals surface area contributed by atoms with Crippen molar-refractivity contribution >= 4 is 109 Å². The van der Waals surface area contributed by atoms with Crippen LogP contribution in [-0.2, 0) is 19.2 Å². The average molecular weight is 1280 g/mol. The first-order chi connectivity index (χ1) is 41.1. The number of nitrogens with one attached hydrogen (secondary N) is 3. The zero-order valence-corrected chi connectivity index (χ0v) is 53.4. The maximum Gasteiger partial charge on any atom is 0.264 e. The highest BCUT2D eigenvalue weighted by atomic mass is 35.5. The second-order valence-electron chi connectivity index (χ2n) is 18.6. The lowest BCUT2D eigenvalue weighted by Gasteiger charge is -2.09. The van der Waals surface area contributed by atoms with Gasteiger partial charge in [0.2, 0.25) is 21.8 Å². The van der Waals surface area contributed by atoms with E-state index in [-0.39, 0.29) is 37.5 Å². The molecule has 0 atom stereocenters. The van der Waals surface area contributed by atoms with Gasteiger partial charge in [-0.15, -0.1) is 0 Å². The topological polar surface area (TPSA) is 240 Å². The Hall–Kier alpha value is -8.45. The van der Waals surface area contributed by atoms with Crippen molar-refractivity contribution in [2.75, 3.05) is 71.2 Å². The molecule has 86 heavy (non-hydrogen) atoms. The smallest absolute Gasteiger partial charge is 0.264 e. The number of anilines is 3. The van der Waals surface area contributed by atoms with E-state index in [1.165, 1.54) is 4.90 Å². The number of rotatable bonds is 19. The molecule has 6 aromatic carbocycles. The van der Waals surface area contributed by atoms with E-state index in [4.69, 9.17) is 63.2 Å². The Kier molecular flexibility index (Phi) is 25.4. The van der Waals surface area contributed by atoms with Gasteiger partial charge in [0.25, 0.3) is 17.7 Å². The molecule has 20 nitrogen and oxygen atoms in total. The molecule has 3 heterocycles. The highest BCUT2D eigenvalue weighted by Gasteiger charge is 2.16. The van der Waals surface area contributed by atoms with Crippen molar-refractivity contribution in [3.05, 3.63) is 158 Å². The lowest BCUT2D eigenvalue weighted by atomic mass is 10.1. The number of hydrogen-bond acceptors (Lipinski definition) is 19. The minimum absolute atomic E-state index is 0.127. The van der Waals surface area contributed by atoms with E-state index in [0.29, 0.717) is 65.2 Å². The Balaban J connectivity index is 0.000000198. The van der Waals surface area contributed by atoms with Gasteiger partial charge >= 0.3 is 0 Å². The molecule has 3 aromatic heterocycles. The van der Waals surface area contributed by atoms with E-state index in [0.717, 1.165) is 108 Å². The second-order valence-corrected chi connectivity index (χ2v) is 22.0. The van der Waals surface area contributed by atoms with Gasteiger partial charge in [0, 0.05) is 80.5 Å². The van der Waals surface area contributed by atoms with Gasteiger partial charge in [-0.25, -0.2) is 0 Å². The van der Waals surface area contributed by atoms with Crippen LogP contribution in [0.4, 0.5) is 15.4 Å². The van der Waals surface area contributed by atoms with E-state index in [9.17, 15) is 19.2 Å². The summed E-state index contributed by atoms with van der Waals surface area (Å²) in [6.45, 7) is 11.0. The fourth-order valence-corrected chi connectivity index (χ4v) is 9.42. The summed E-state index contributed by atoms with van der Waals surface area (Å²) in [7, 11) is 8.20. The van der Waals surface area contributed by atoms with Crippen LogP contribution in [0.15, 0.2) is 109 Å². The number of methoxy groups -OCH3 is 3. The quantitative estimate of drug-likeness (QED) is 0.0638. The SMILES string of the molecule is CN(C)C=O.COc1ccc(-c2nsc(NC(=O)COc3cc(C)c(Cl)c(C)c3)n2)cc1.COc1ccc(-c2nsc(NC(=O)COc3cc(C)c(Cl)c(C)c3)n2)cc1.COc1ccc(-c2nsc(NC(=O)COc3cc(C)c(Cl)c(C)c3)n2)cc1. The van der Waals surface area contributed by atoms with Gasteiger partial charge in [0.1, 0.15) is 34.5 Å². The Morgan fingerprint density at radius 3 is 0.849 bits per heavy atom. The molecule has 0 radical (unpaired) electrons. The molecule has 3 N–H and O–H groups in total. The normalized spacial score (nSPS) is 10.3. The van der Waals surface area contributed by atoms with Gasteiger partial charge in [-0.1, -0.05) is 34.8 Å². The van der Waals surface area contributed by atoms with Crippen LogP contribution in [-0.4, -0.2) is 112 Å². The average Bonchev–Trinajstić information content (AvgIpc) is 4.38. The van der Waals surface area contributed by atoms with Crippen LogP contribution in [0.3, 0.4) is 0 Å². The third-order valence-corrected chi connectivity index (χ3v) is 15.3. The lowest BCUT2D eigenvalue weighted by molar-refractivity contribution is -0.118. The highest BCUT2D eigenvalue weighted by molar-refractivity contribution is 7.10. The van der Waals surface area contributed by atoms with E-state index >= 15 is 0 Å². The van der Waals surface area contributed by atoms with Crippen molar-refractivity contribution in [3.63, 3.8) is 0 Å². The van der Waals surface area contributed by atoms with E-state index in [1.807, 2.05) is 114 Å². The molecule has 450 valence electrons. The molecule has 0 aliphatic heterocycles. The predicted molar refractivity (Wildman–Crippen MR) is 341 cm³/mol. The highest BCUT2D eigenvalue weighted by Crippen LogP contribution is 2.30. The van der Waals surface area contributed by atoms with E-state index < -0.39 is 0 Å². The number of hydrogen-bond donors (Lipinski definition) is 3. The summed E-state index contributed by atoms with van der Waals surface area (Å²) >= 11 is 21.7. The first-order valence-electron chi connectivity index (χ1n) is 25.8. The number of amides is 4. The maximum atomic E-state index is 12.1. The standard InChI is InChI=1S/3C19H18ClN3O3S.C3H7NO/c3*1-11-8-15(9-12(2)17(11)20)26-10-16(24)21-19-22-18(23-27-19)13-4-6-14(25-3)7-5-13;1-4(2)3-5/h3*4-9H,10H2,1-3H3,(H,21,22,23,24);3H,1-2H3. The number of nitrogens with zero attached hydrogens (tertiary/aromatic N) is 7. The zero-order valence-electron chi connectivity index (χ0n) is 48.7. The molecule has 9 aromatic rings. The number of aromatic nitrogens is 6. The van der Waals surface area contributed by atoms with Crippen molar-refractivity contribution in [1.82, 2.24) is 33.0 Å². The van der Waals surface area contributed by atoms with Crippen LogP contribution >= 0.6 is 69.4 Å². The third-order valence-electron chi connectivity index (χ3n) is 11.6. The minimum atomic E-state index is -0.308. The van der Waals surface area contributed by atoms with Crippen LogP contribution in [0.5, 0.6) is 34.5 Å². The summed E-state index contributed by atoms with van der Waals surface area (Å²) in [5, 5.41) is 11.4. The molecule has 0 aliphatic carbocycles. The Labute approximate surface area is 525 Å². The monoisotopic (exact) mass is 1280 g/mol. The van der Waals surface area contributed by atoms with E-state index in [1.54, 1.807) is 71.8 Å². The number of benzene rings is 6. The van der Waals surface area contributed by atoms with Crippen molar-refractivity contribution in [2.24, 2.45) is 0 Å². The Morgan fingerprint density at radius 1 is 0.430 bits per heavy atom. The molecule has 0 saturated carbocycles. The number of halogens is 3. The molecule has 0 fully saturated rings. The molecule has 0 spiro atoms. The summed E-state index contributed by atoms with van der Waals surface area (Å²) in [5.41, 5.74) is 7.95. The summed E-state index contributed by atoms with van der Waals surface area (Å²) in [5.74, 6) is 4.77. The van der Waals surface area contributed by atoms with Gasteiger partial charge < -0.3 is 33.3 Å². The summed E-state index contributed by atoms with van der Waals surface area (Å²) < 4.78 is 44.8. The fourth-order valence-electron chi connectivity index (χ4n) is 7.28. The number of carbonyl (C=O) groups is 4. The van der Waals surface area contributed by atoms with Crippen molar-refractivity contribution in [3.8, 4) is 68.7 Å². The minimum Gasteiger partial charge on any atom is -0.497 e. The van der Waals surface area contributed by atoms with Gasteiger partial charge in [-0.05, 0) is 184 Å². The van der Waals surface area contributed by atoms with Gasteiger partial charge in [0.15, 0.2) is 37.3 Å². The van der Waals surface area contributed by atoms with Crippen molar-refractivity contribution < 1.29 is 47.6 Å². The number of ether oxygens (including phenoxy) is 6. The zero-order chi connectivity index (χ0) is 62.5. The van der Waals surface area contributed by atoms with E-state index in [2.05, 4.69) is 44.0 Å². The Morgan fingerprint density at radius 2 is 0.651 bits per heavy atom. The van der Waals surface area contributed by atoms with Gasteiger partial charge in [0.05, 0.1) is 21.3 Å². The first-order valence-corrected chi connectivity index (χ1v) is 29.2. The van der Waals surface area contributed by atoms with Crippen molar-refractivity contribution in [1.29, 1.82) is 0 Å². The summed E-state index contributed by atoms with van der Waals surface area (Å²) in [4.78, 5) is 60.2. The molecule has 0 unspecified atom stereocenters. The molecule has 26 heteroatoms. The maximum absolute atomic E-state index is 12.1. The molecule has 0 bridgehead atoms. The molecular weight excluding hydrogens is 1220 g/mol. The molecule has 0 aliphatic rings. The summed E-state index contributed by atoms with van der Waals surface area (Å²) in [6, 6.07) is 33.0. The van der Waals surface area contributed by atoms with Gasteiger partial charge in [-0.2, -0.15) is 28.1 Å². The first kappa shape index (κ1) is 66.7. The van der Waals surface area contributed by atoms with Crippen LogP contribution < -0.4 is 44.4 Å². The molecule has 9 rings (SSSR count). The molecule has 4 amide bonds. The fraction of sp³-hybridized carbons (Fsp3) is 0.233. The van der Waals surface area contributed by atoms with Crippen LogP contribution in [0.25, 0.3) is 34.2 Å². The number of carbonyl (C=O) groups excluding carboxylic acids is 4. The predicted octanol–water partition coefficient (Wildman–Crippen LogP) is 13.2. The van der Waals surface area contributed by atoms with Gasteiger partial charge in [-0.3, -0.25) is 35.1 Å². The number of aryl methyl sites for hydroxylation is 6. The second kappa shape index (κ2) is 32.7. The largest absolute Gasteiger partial charge is 0.497 e. The third kappa shape index (κ3) is 20.4. The van der Waals surface area contributed by atoms with Crippen molar-refractivity contribution in [2.45, 2.75) is 41.5 Å². The summed E-state index contributed by atoms with van der Waals surface area (Å²) in [6.07, 6.45) is 0.750. The molecule has 0 saturated heterocycles. The molecular formula is C60H61Cl3N10O10S3. The van der Waals surface area contributed by atoms with Crippen LogP contribution in [0.2, 0.25) is 15.1 Å². The Bertz CT molecular complexity index is 3290. The van der Waals surface area contributed by atoms with Crippen LogP contribution in [0, 0.1) is 41.5 Å².